The number of nitrogens with zero attached hydrogens (tertiary/aromatic N) is 2. The first-order chi connectivity index (χ1) is 7.22. The van der Waals surface area contributed by atoms with Gasteiger partial charge >= 0.3 is 0 Å². The van der Waals surface area contributed by atoms with Crippen LogP contribution in [0.15, 0.2) is 33.9 Å². The molecule has 1 rings (SSSR count). The third-order valence-corrected chi connectivity index (χ3v) is 1.79. The highest BCUT2D eigenvalue weighted by atomic mass is 19.1. The van der Waals surface area contributed by atoms with Crippen LogP contribution in [0.1, 0.15) is 6.42 Å². The van der Waals surface area contributed by atoms with Gasteiger partial charge in [-0.25, -0.2) is 4.39 Å². The van der Waals surface area contributed by atoms with Crippen molar-refractivity contribution in [2.45, 2.75) is 6.42 Å². The average Bonchev–Trinajstić information content (AvgIpc) is 2.23. The molecule has 0 bridgehead atoms. The molecule has 0 amide bonds. The van der Waals surface area contributed by atoms with Crippen LogP contribution in [0.25, 0.3) is 0 Å². The average molecular weight is 214 g/mol. The number of ether oxygens (including phenoxy) is 1. The van der Waals surface area contributed by atoms with E-state index in [9.17, 15) is 4.39 Å². The molecule has 0 heterocycles. The van der Waals surface area contributed by atoms with Crippen LogP contribution in [0.2, 0.25) is 0 Å². The van der Waals surface area contributed by atoms with E-state index < -0.39 is 0 Å². The lowest BCUT2D eigenvalue weighted by Gasteiger charge is -2.12. The lowest BCUT2D eigenvalue weighted by Crippen LogP contribution is -2.17. The van der Waals surface area contributed by atoms with Gasteiger partial charge in [0.2, 0.25) is 0 Å². The molecule has 0 radical (unpaired) electrons. The minimum Gasteiger partial charge on any atom is -0.478 e. The first-order valence-electron chi connectivity index (χ1n) is 4.16. The third kappa shape index (κ3) is 2.55. The van der Waals surface area contributed by atoms with Gasteiger partial charge in [-0.1, -0.05) is 5.16 Å². The highest BCUT2D eigenvalue weighted by Gasteiger charge is 2.20. The topological polar surface area (TPSA) is 63.4 Å². The molecule has 5 nitrogen and oxygen atoms in total. The molecule has 0 saturated carbocycles. The van der Waals surface area contributed by atoms with Gasteiger partial charge in [-0.3, -0.25) is 0 Å². The van der Waals surface area contributed by atoms with Crippen molar-refractivity contribution in [2.24, 2.45) is 10.3 Å². The summed E-state index contributed by atoms with van der Waals surface area (Å²) in [5, 5.41) is 15.2. The Morgan fingerprint density at radius 3 is 2.73 bits per heavy atom. The van der Waals surface area contributed by atoms with Gasteiger partial charge in [0.1, 0.15) is 12.9 Å². The first-order valence-corrected chi connectivity index (χ1v) is 4.16. The molecule has 0 fully saturated rings. The summed E-state index contributed by atoms with van der Waals surface area (Å²) in [6.07, 6.45) is 2.66. The Labute approximate surface area is 86.2 Å². The molecule has 0 spiro atoms. The number of oxime groups is 2. The van der Waals surface area contributed by atoms with Crippen molar-refractivity contribution in [2.75, 3.05) is 14.2 Å². The summed E-state index contributed by atoms with van der Waals surface area (Å²) < 4.78 is 17.7. The number of methoxy groups -OCH3 is 1. The van der Waals surface area contributed by atoms with Crippen molar-refractivity contribution in [1.82, 2.24) is 0 Å². The van der Waals surface area contributed by atoms with Gasteiger partial charge in [-0.2, -0.15) is 0 Å². The molecule has 1 aliphatic carbocycles. The van der Waals surface area contributed by atoms with Crippen molar-refractivity contribution in [3.8, 4) is 0 Å². The quantitative estimate of drug-likeness (QED) is 0.328. The fourth-order valence-electron chi connectivity index (χ4n) is 1.18. The van der Waals surface area contributed by atoms with Crippen molar-refractivity contribution in [3.05, 3.63) is 23.6 Å². The van der Waals surface area contributed by atoms with E-state index in [1.165, 1.54) is 26.4 Å². The van der Waals surface area contributed by atoms with Crippen LogP contribution in [0.4, 0.5) is 4.39 Å². The van der Waals surface area contributed by atoms with E-state index in [0.717, 1.165) is 0 Å². The zero-order valence-electron chi connectivity index (χ0n) is 8.40. The lowest BCUT2D eigenvalue weighted by atomic mass is 10.0. The maximum atomic E-state index is 12.9. The summed E-state index contributed by atoms with van der Waals surface area (Å²) in [5.74, 6) is -0.377. The Hall–Kier alpha value is -1.85. The molecule has 0 aromatic rings. The van der Waals surface area contributed by atoms with Gasteiger partial charge in [-0.15, -0.1) is 0 Å². The van der Waals surface area contributed by atoms with E-state index in [0.29, 0.717) is 11.3 Å². The van der Waals surface area contributed by atoms with Crippen LogP contribution >= 0.6 is 0 Å². The standard InChI is InChI=1S/C9H11FN2O3/c1-14-9(11-13)7-4-3-6(10)5-8(7)12-15-2/h3-4,13H,5H2,1-2H3. The van der Waals surface area contributed by atoms with E-state index in [1.54, 1.807) is 0 Å². The number of halogens is 1. The Kier molecular flexibility index (Phi) is 3.84. The second kappa shape index (κ2) is 5.14. The molecule has 0 aliphatic heterocycles. The summed E-state index contributed by atoms with van der Waals surface area (Å²) in [6, 6.07) is 0. The predicted octanol–water partition coefficient (Wildman–Crippen LogP) is 1.61. The first kappa shape index (κ1) is 11.2. The molecular weight excluding hydrogens is 203 g/mol. The van der Waals surface area contributed by atoms with E-state index >= 15 is 0 Å². The lowest BCUT2D eigenvalue weighted by molar-refractivity contribution is 0.212. The van der Waals surface area contributed by atoms with Crippen LogP contribution < -0.4 is 0 Å². The molecule has 0 unspecified atom stereocenters. The molecule has 0 saturated heterocycles. The second-order valence-corrected chi connectivity index (χ2v) is 2.70. The second-order valence-electron chi connectivity index (χ2n) is 2.70. The normalized spacial score (nSPS) is 19.7. The van der Waals surface area contributed by atoms with Gasteiger partial charge in [0.15, 0.2) is 0 Å². The highest BCUT2D eigenvalue weighted by Crippen LogP contribution is 2.19. The van der Waals surface area contributed by atoms with Crippen molar-refractivity contribution in [1.29, 1.82) is 0 Å². The minimum atomic E-state index is -0.344. The SMILES string of the molecule is CON=C1CC(F)=CC=C1C(=NO)OC. The largest absolute Gasteiger partial charge is 0.478 e. The minimum absolute atomic E-state index is 0.0119. The zero-order valence-corrected chi connectivity index (χ0v) is 8.40. The van der Waals surface area contributed by atoms with E-state index in [-0.39, 0.29) is 18.1 Å². The zero-order chi connectivity index (χ0) is 11.3. The molecule has 1 aliphatic rings. The predicted molar refractivity (Wildman–Crippen MR) is 52.6 cm³/mol. The fourth-order valence-corrected chi connectivity index (χ4v) is 1.18. The van der Waals surface area contributed by atoms with Gasteiger partial charge in [0.25, 0.3) is 5.90 Å². The summed E-state index contributed by atoms with van der Waals surface area (Å²) in [4.78, 5) is 4.56. The monoisotopic (exact) mass is 214 g/mol. The number of rotatable bonds is 2. The van der Waals surface area contributed by atoms with E-state index in [1.807, 2.05) is 0 Å². The van der Waals surface area contributed by atoms with Crippen LogP contribution in [-0.4, -0.2) is 31.0 Å². The van der Waals surface area contributed by atoms with Gasteiger partial charge < -0.3 is 14.8 Å². The van der Waals surface area contributed by atoms with Crippen LogP contribution in [0, 0.1) is 0 Å². The van der Waals surface area contributed by atoms with Crippen LogP contribution in [-0.2, 0) is 9.57 Å². The molecular formula is C9H11FN2O3. The maximum Gasteiger partial charge on any atom is 0.259 e. The molecule has 0 atom stereocenters. The van der Waals surface area contributed by atoms with Crippen LogP contribution in [0.3, 0.4) is 0 Å². The Bertz CT molecular complexity index is 358. The highest BCUT2D eigenvalue weighted by molar-refractivity contribution is 6.22. The van der Waals surface area contributed by atoms with Gasteiger partial charge in [-0.05, 0) is 17.3 Å². The molecule has 6 heteroatoms. The Morgan fingerprint density at radius 1 is 1.47 bits per heavy atom. The summed E-state index contributed by atoms with van der Waals surface area (Å²) in [6.45, 7) is 0. The maximum absolute atomic E-state index is 12.9. The van der Waals surface area contributed by atoms with Crippen molar-refractivity contribution in [3.63, 3.8) is 0 Å². The molecule has 82 valence electrons. The van der Waals surface area contributed by atoms with E-state index in [2.05, 4.69) is 15.1 Å². The van der Waals surface area contributed by atoms with E-state index in [4.69, 9.17) is 9.94 Å². The van der Waals surface area contributed by atoms with Gasteiger partial charge in [0, 0.05) is 6.42 Å². The third-order valence-electron chi connectivity index (χ3n) is 1.79. The van der Waals surface area contributed by atoms with Crippen LogP contribution in [0.5, 0.6) is 0 Å². The molecule has 1 N–H and O–H groups in total. The molecule has 15 heavy (non-hydrogen) atoms. The van der Waals surface area contributed by atoms with Crippen molar-refractivity contribution < 1.29 is 19.2 Å². The smallest absolute Gasteiger partial charge is 0.259 e. The number of allylic oxidation sites excluding steroid dienone is 3. The summed E-state index contributed by atoms with van der Waals surface area (Å²) in [7, 11) is 2.69. The fraction of sp³-hybridized carbons (Fsp3) is 0.333. The van der Waals surface area contributed by atoms with Gasteiger partial charge in [0.05, 0.1) is 18.4 Å². The Balaban J connectivity index is 3.06. The van der Waals surface area contributed by atoms with Crippen molar-refractivity contribution >= 4 is 11.6 Å². The summed E-state index contributed by atoms with van der Waals surface area (Å²) in [5.41, 5.74) is 0.704. The summed E-state index contributed by atoms with van der Waals surface area (Å²) >= 11 is 0. The molecule has 0 aromatic heterocycles. The Morgan fingerprint density at radius 2 is 2.20 bits per heavy atom. The molecule has 0 aromatic carbocycles. The number of hydrogen-bond acceptors (Lipinski definition) is 5. The number of hydrogen-bond donors (Lipinski definition) is 1.